The Bertz CT molecular complexity index is 970. The van der Waals surface area contributed by atoms with Gasteiger partial charge in [-0.2, -0.15) is 0 Å². The van der Waals surface area contributed by atoms with Gasteiger partial charge >= 0.3 is 0 Å². The Morgan fingerprint density at radius 1 is 1.16 bits per heavy atom. The lowest BCUT2D eigenvalue weighted by molar-refractivity contribution is -0.134. The van der Waals surface area contributed by atoms with Gasteiger partial charge in [-0.15, -0.1) is 0 Å². The maximum absolute atomic E-state index is 13.6. The fraction of sp³-hybridized carbons (Fsp3) is 0.462. The van der Waals surface area contributed by atoms with Crippen LogP contribution in [0.4, 0.5) is 4.39 Å². The average Bonchev–Trinajstić information content (AvgIpc) is 3.60. The maximum Gasteiger partial charge on any atom is 0.257 e. The topological polar surface area (TPSA) is 58.6 Å². The predicted octanol–water partition coefficient (Wildman–Crippen LogP) is 4.25. The lowest BCUT2D eigenvalue weighted by Gasteiger charge is -2.38. The molecule has 1 fully saturated rings. The minimum absolute atomic E-state index is 0.0390. The molecule has 4 rings (SSSR count). The summed E-state index contributed by atoms with van der Waals surface area (Å²) < 4.78 is 19.4. The summed E-state index contributed by atoms with van der Waals surface area (Å²) in [6.45, 7) is 5.35. The summed E-state index contributed by atoms with van der Waals surface area (Å²) >= 11 is 0. The molecule has 1 N–H and O–H groups in total. The van der Waals surface area contributed by atoms with Crippen molar-refractivity contribution in [1.82, 2.24) is 10.2 Å². The number of carbonyl (C=O) groups is 2. The zero-order chi connectivity index (χ0) is 22.7. The monoisotopic (exact) mass is 438 g/mol. The van der Waals surface area contributed by atoms with Crippen molar-refractivity contribution in [3.63, 3.8) is 0 Å². The number of hydrogen-bond acceptors (Lipinski definition) is 3. The summed E-state index contributed by atoms with van der Waals surface area (Å²) in [5.41, 5.74) is 2.97. The Labute approximate surface area is 188 Å². The van der Waals surface area contributed by atoms with E-state index in [4.69, 9.17) is 4.74 Å². The average molecular weight is 439 g/mol. The summed E-state index contributed by atoms with van der Waals surface area (Å²) in [4.78, 5) is 27.0. The first-order chi connectivity index (χ1) is 15.4. The highest BCUT2D eigenvalue weighted by molar-refractivity contribution is 5.78. The van der Waals surface area contributed by atoms with Gasteiger partial charge in [0.2, 0.25) is 5.91 Å². The van der Waals surface area contributed by atoms with Crippen molar-refractivity contribution in [2.24, 2.45) is 11.8 Å². The number of fused-ring (bicyclic) bond motifs is 1. The van der Waals surface area contributed by atoms with Gasteiger partial charge < -0.3 is 15.0 Å². The molecule has 1 heterocycles. The van der Waals surface area contributed by atoms with E-state index < -0.39 is 0 Å². The Kier molecular flexibility index (Phi) is 6.77. The maximum atomic E-state index is 13.6. The molecule has 0 saturated heterocycles. The fourth-order valence-electron chi connectivity index (χ4n) is 4.20. The molecule has 0 radical (unpaired) electrons. The molecule has 170 valence electrons. The number of nitrogens with one attached hydrogen (secondary N) is 1. The van der Waals surface area contributed by atoms with E-state index in [0.29, 0.717) is 31.2 Å². The van der Waals surface area contributed by atoms with Crippen LogP contribution in [0.25, 0.3) is 0 Å². The van der Waals surface area contributed by atoms with E-state index >= 15 is 0 Å². The number of amides is 2. The molecular weight excluding hydrogens is 407 g/mol. The summed E-state index contributed by atoms with van der Waals surface area (Å²) in [6, 6.07) is 11.8. The van der Waals surface area contributed by atoms with E-state index in [9.17, 15) is 14.0 Å². The van der Waals surface area contributed by atoms with Gasteiger partial charge in [-0.25, -0.2) is 4.39 Å². The van der Waals surface area contributed by atoms with E-state index in [2.05, 4.69) is 5.32 Å². The van der Waals surface area contributed by atoms with Gasteiger partial charge in [0.1, 0.15) is 11.6 Å². The predicted molar refractivity (Wildman–Crippen MR) is 121 cm³/mol. The van der Waals surface area contributed by atoms with Crippen LogP contribution in [0.5, 0.6) is 5.75 Å². The fourth-order valence-corrected chi connectivity index (χ4v) is 4.20. The van der Waals surface area contributed by atoms with Crippen molar-refractivity contribution in [3.05, 3.63) is 65.0 Å². The van der Waals surface area contributed by atoms with Gasteiger partial charge in [0, 0.05) is 19.5 Å². The van der Waals surface area contributed by atoms with Gasteiger partial charge in [-0.05, 0) is 72.1 Å². The Morgan fingerprint density at radius 2 is 1.91 bits per heavy atom. The second-order valence-electron chi connectivity index (χ2n) is 9.29. The lowest BCUT2D eigenvalue weighted by Crippen LogP contribution is -2.41. The van der Waals surface area contributed by atoms with Gasteiger partial charge in [0.25, 0.3) is 5.91 Å². The number of hydrogen-bond donors (Lipinski definition) is 1. The number of rotatable bonds is 8. The molecule has 2 aromatic rings. The molecule has 32 heavy (non-hydrogen) atoms. The van der Waals surface area contributed by atoms with E-state index in [1.165, 1.54) is 25.0 Å². The Balaban J connectivity index is 1.57. The van der Waals surface area contributed by atoms with Crippen molar-refractivity contribution >= 4 is 11.8 Å². The molecule has 2 aliphatic rings. The highest BCUT2D eigenvalue weighted by Gasteiger charge is 2.32. The number of halogens is 1. The van der Waals surface area contributed by atoms with Crippen molar-refractivity contribution < 1.29 is 18.7 Å². The van der Waals surface area contributed by atoms with E-state index in [-0.39, 0.29) is 36.2 Å². The van der Waals surface area contributed by atoms with Gasteiger partial charge in [0.05, 0.1) is 6.04 Å². The van der Waals surface area contributed by atoms with Crippen LogP contribution in [0.15, 0.2) is 42.5 Å². The lowest BCUT2D eigenvalue weighted by atomic mass is 9.87. The van der Waals surface area contributed by atoms with Crippen molar-refractivity contribution in [3.8, 4) is 5.75 Å². The molecule has 1 aliphatic carbocycles. The van der Waals surface area contributed by atoms with Crippen LogP contribution in [0.3, 0.4) is 0 Å². The Morgan fingerprint density at radius 3 is 2.59 bits per heavy atom. The molecule has 0 aromatic heterocycles. The van der Waals surface area contributed by atoms with Crippen LogP contribution in [-0.4, -0.2) is 36.4 Å². The second-order valence-corrected chi connectivity index (χ2v) is 9.29. The summed E-state index contributed by atoms with van der Waals surface area (Å²) in [5, 5.41) is 2.90. The SMILES string of the molecule is CC(C)CC(=O)N1CCc2ccc(OCC(=O)NCC3CC3)cc2[C@@H]1c1ccc(F)cc1. The van der Waals surface area contributed by atoms with Crippen LogP contribution in [-0.2, 0) is 16.0 Å². The minimum Gasteiger partial charge on any atom is -0.484 e. The van der Waals surface area contributed by atoms with Crippen LogP contribution >= 0.6 is 0 Å². The first-order valence-corrected chi connectivity index (χ1v) is 11.5. The smallest absolute Gasteiger partial charge is 0.257 e. The zero-order valence-electron chi connectivity index (χ0n) is 18.8. The summed E-state index contributed by atoms with van der Waals surface area (Å²) in [5.74, 6) is 1.12. The van der Waals surface area contributed by atoms with Crippen LogP contribution in [0.2, 0.25) is 0 Å². The number of ether oxygens (including phenoxy) is 1. The van der Waals surface area contributed by atoms with Crippen molar-refractivity contribution in [2.45, 2.75) is 45.6 Å². The molecule has 1 saturated carbocycles. The number of nitrogens with zero attached hydrogens (tertiary/aromatic N) is 1. The third-order valence-corrected chi connectivity index (χ3v) is 6.09. The molecule has 0 unspecified atom stereocenters. The molecular formula is C26H31FN2O3. The molecule has 1 aliphatic heterocycles. The number of benzene rings is 2. The molecule has 2 amide bonds. The first-order valence-electron chi connectivity index (χ1n) is 11.5. The highest BCUT2D eigenvalue weighted by atomic mass is 19.1. The molecule has 1 atom stereocenters. The molecule has 6 heteroatoms. The first kappa shape index (κ1) is 22.3. The molecule has 2 aromatic carbocycles. The van der Waals surface area contributed by atoms with Crippen LogP contribution < -0.4 is 10.1 Å². The van der Waals surface area contributed by atoms with Gasteiger partial charge in [-0.3, -0.25) is 9.59 Å². The van der Waals surface area contributed by atoms with Crippen molar-refractivity contribution in [1.29, 1.82) is 0 Å². The zero-order valence-corrected chi connectivity index (χ0v) is 18.8. The normalized spacial score (nSPS) is 17.8. The minimum atomic E-state index is -0.308. The van der Waals surface area contributed by atoms with Gasteiger partial charge in [0.15, 0.2) is 6.61 Å². The summed E-state index contributed by atoms with van der Waals surface area (Å²) in [7, 11) is 0. The largest absolute Gasteiger partial charge is 0.484 e. The van der Waals surface area contributed by atoms with Crippen molar-refractivity contribution in [2.75, 3.05) is 19.7 Å². The molecule has 5 nitrogen and oxygen atoms in total. The quantitative estimate of drug-likeness (QED) is 0.670. The standard InChI is InChI=1S/C26H31FN2O3/c1-17(2)13-25(31)29-12-11-19-7-10-22(32-16-24(30)28-15-18-3-4-18)14-23(19)26(29)20-5-8-21(27)9-6-20/h5-10,14,17-18,26H,3-4,11-13,15-16H2,1-2H3,(H,28,30)/t26-/m0/s1. The highest BCUT2D eigenvalue weighted by Crippen LogP contribution is 2.38. The molecule has 0 bridgehead atoms. The third kappa shape index (κ3) is 5.47. The van der Waals surface area contributed by atoms with E-state index in [0.717, 1.165) is 23.1 Å². The molecule has 0 spiro atoms. The summed E-state index contributed by atoms with van der Waals surface area (Å²) in [6.07, 6.45) is 3.58. The van der Waals surface area contributed by atoms with Gasteiger partial charge in [-0.1, -0.05) is 32.0 Å². The van der Waals surface area contributed by atoms with Crippen LogP contribution in [0, 0.1) is 17.7 Å². The second kappa shape index (κ2) is 9.72. The van der Waals surface area contributed by atoms with E-state index in [1.54, 1.807) is 12.1 Å². The van der Waals surface area contributed by atoms with Crippen LogP contribution in [0.1, 0.15) is 55.8 Å². The Hall–Kier alpha value is -2.89. The third-order valence-electron chi connectivity index (χ3n) is 6.09. The number of carbonyl (C=O) groups excluding carboxylic acids is 2. The van der Waals surface area contributed by atoms with E-state index in [1.807, 2.05) is 36.9 Å².